The molecule has 0 aromatic rings. The monoisotopic (exact) mass is 450 g/mol. The molecule has 1 spiro atoms. The number of ether oxygens (including phenoxy) is 2. The highest BCUT2D eigenvalue weighted by Crippen LogP contribution is 2.70. The topological polar surface area (TPSA) is 44.8 Å². The van der Waals surface area contributed by atoms with Gasteiger partial charge in [-0.2, -0.15) is 0 Å². The standard InChI is InChI=1S/C26H46O4Si/c1-11-24(6,17-29-31(9,10)23(3,4)5)16-21-25(7)18(2)12-13-19-14-15-20(27)26(19,25)22(28-8)30-21/h11,18-19,21-22H,1,12-17H2,2-10H3/t18-,19+,21+,22-,24-,25+,26+/m1/s1. The van der Waals surface area contributed by atoms with Gasteiger partial charge in [0.25, 0.3) is 0 Å². The average molecular weight is 451 g/mol. The van der Waals surface area contributed by atoms with Gasteiger partial charge in [-0.1, -0.05) is 47.6 Å². The number of carbonyl (C=O) groups excluding carboxylic acids is 1. The lowest BCUT2D eigenvalue weighted by molar-refractivity contribution is -0.183. The predicted molar refractivity (Wildman–Crippen MR) is 128 cm³/mol. The Hall–Kier alpha value is -0.493. The number of rotatable bonds is 7. The van der Waals surface area contributed by atoms with Crippen molar-refractivity contribution in [2.45, 2.75) is 104 Å². The van der Waals surface area contributed by atoms with Crippen LogP contribution < -0.4 is 0 Å². The van der Waals surface area contributed by atoms with Crippen molar-refractivity contribution >= 4 is 14.1 Å². The zero-order chi connectivity index (χ0) is 23.5. The maximum atomic E-state index is 13.5. The van der Waals surface area contributed by atoms with Gasteiger partial charge in [0.15, 0.2) is 14.6 Å². The second kappa shape index (κ2) is 8.07. The molecule has 0 bridgehead atoms. The highest BCUT2D eigenvalue weighted by Gasteiger charge is 2.75. The molecule has 2 aliphatic carbocycles. The Morgan fingerprint density at radius 1 is 1.23 bits per heavy atom. The van der Waals surface area contributed by atoms with Crippen molar-refractivity contribution in [3.63, 3.8) is 0 Å². The Morgan fingerprint density at radius 2 is 1.87 bits per heavy atom. The van der Waals surface area contributed by atoms with E-state index in [1.807, 2.05) is 6.08 Å². The van der Waals surface area contributed by atoms with E-state index in [4.69, 9.17) is 13.9 Å². The SMILES string of the molecule is C=C[C@@](C)(CO[Si](C)(C)C(C)(C)C)C[C@@H]1O[C@@H](OC)[C@@]23C(=O)CC[C@@H]2CC[C@@H](C)[C@@]13C. The second-order valence-electron chi connectivity index (χ2n) is 12.6. The summed E-state index contributed by atoms with van der Waals surface area (Å²) < 4.78 is 19.2. The van der Waals surface area contributed by atoms with Gasteiger partial charge in [0.05, 0.1) is 11.5 Å². The molecule has 1 heterocycles. The minimum Gasteiger partial charge on any atom is -0.416 e. The Balaban J connectivity index is 1.91. The van der Waals surface area contributed by atoms with E-state index in [0.717, 1.165) is 25.7 Å². The van der Waals surface area contributed by atoms with Gasteiger partial charge in [0.1, 0.15) is 5.78 Å². The minimum absolute atomic E-state index is 0.0525. The molecule has 3 fully saturated rings. The first-order valence-corrected chi connectivity index (χ1v) is 15.1. The molecule has 1 aliphatic heterocycles. The molecule has 3 aliphatic rings. The zero-order valence-corrected chi connectivity index (χ0v) is 22.5. The van der Waals surface area contributed by atoms with E-state index in [0.29, 0.717) is 30.6 Å². The largest absolute Gasteiger partial charge is 0.416 e. The Kier molecular flexibility index (Phi) is 6.54. The zero-order valence-electron chi connectivity index (χ0n) is 21.5. The number of Topliss-reactive ketones (excluding diaryl/α,β-unsaturated/α-hetero) is 1. The summed E-state index contributed by atoms with van der Waals surface area (Å²) in [6, 6.07) is 0. The first-order chi connectivity index (χ1) is 14.2. The lowest BCUT2D eigenvalue weighted by Gasteiger charge is -2.54. The summed E-state index contributed by atoms with van der Waals surface area (Å²) in [7, 11) is -0.169. The van der Waals surface area contributed by atoms with Crippen LogP contribution >= 0.6 is 0 Å². The summed E-state index contributed by atoms with van der Waals surface area (Å²) in [5.74, 6) is 1.14. The number of carbonyl (C=O) groups is 1. The predicted octanol–water partition coefficient (Wildman–Crippen LogP) is 6.36. The van der Waals surface area contributed by atoms with E-state index < -0.39 is 20.0 Å². The fraction of sp³-hybridized carbons (Fsp3) is 0.885. The highest BCUT2D eigenvalue weighted by atomic mass is 28.4. The van der Waals surface area contributed by atoms with Crippen LogP contribution in [0.1, 0.15) is 73.6 Å². The van der Waals surface area contributed by atoms with Crippen molar-refractivity contribution in [1.82, 2.24) is 0 Å². The molecule has 4 nitrogen and oxygen atoms in total. The van der Waals surface area contributed by atoms with Gasteiger partial charge in [-0.3, -0.25) is 4.79 Å². The average Bonchev–Trinajstić information content (AvgIpc) is 3.16. The van der Waals surface area contributed by atoms with Crippen molar-refractivity contribution in [3.8, 4) is 0 Å². The van der Waals surface area contributed by atoms with Gasteiger partial charge >= 0.3 is 0 Å². The number of ketones is 1. The lowest BCUT2D eigenvalue weighted by Crippen LogP contribution is -2.58. The van der Waals surface area contributed by atoms with Gasteiger partial charge in [-0.05, 0) is 55.7 Å². The smallest absolute Gasteiger partial charge is 0.192 e. The van der Waals surface area contributed by atoms with E-state index in [2.05, 4.69) is 61.2 Å². The molecule has 0 radical (unpaired) electrons. The molecule has 0 amide bonds. The van der Waals surface area contributed by atoms with Crippen LogP contribution in [0.4, 0.5) is 0 Å². The van der Waals surface area contributed by atoms with Gasteiger partial charge < -0.3 is 13.9 Å². The first-order valence-electron chi connectivity index (χ1n) is 12.2. The van der Waals surface area contributed by atoms with Crippen LogP contribution in [0.15, 0.2) is 12.7 Å². The number of hydrogen-bond donors (Lipinski definition) is 0. The molecular formula is C26H46O4Si. The van der Waals surface area contributed by atoms with Crippen molar-refractivity contribution < 1.29 is 18.7 Å². The number of methoxy groups -OCH3 is 1. The fourth-order valence-corrected chi connectivity index (χ4v) is 7.61. The van der Waals surface area contributed by atoms with E-state index >= 15 is 0 Å². The van der Waals surface area contributed by atoms with Crippen LogP contribution in [-0.2, 0) is 18.7 Å². The molecule has 178 valence electrons. The third-order valence-corrected chi connectivity index (χ3v) is 14.4. The van der Waals surface area contributed by atoms with Crippen molar-refractivity contribution in [3.05, 3.63) is 12.7 Å². The van der Waals surface area contributed by atoms with Crippen LogP contribution in [0.5, 0.6) is 0 Å². The molecule has 0 aromatic carbocycles. The van der Waals surface area contributed by atoms with Crippen LogP contribution in [0.25, 0.3) is 0 Å². The Labute approximate surface area is 191 Å². The van der Waals surface area contributed by atoms with Gasteiger partial charge in [-0.25, -0.2) is 0 Å². The van der Waals surface area contributed by atoms with Crippen LogP contribution in [-0.4, -0.2) is 40.2 Å². The highest BCUT2D eigenvalue weighted by molar-refractivity contribution is 6.74. The fourth-order valence-electron chi connectivity index (χ4n) is 6.49. The van der Waals surface area contributed by atoms with E-state index in [-0.39, 0.29) is 22.0 Å². The van der Waals surface area contributed by atoms with Crippen molar-refractivity contribution in [2.75, 3.05) is 13.7 Å². The first kappa shape index (κ1) is 25.1. The third-order valence-electron chi connectivity index (χ3n) is 9.94. The summed E-state index contributed by atoms with van der Waals surface area (Å²) in [6.07, 6.45) is 6.24. The molecule has 3 rings (SSSR count). The van der Waals surface area contributed by atoms with Gasteiger partial charge in [0.2, 0.25) is 0 Å². The maximum absolute atomic E-state index is 13.5. The molecule has 31 heavy (non-hydrogen) atoms. The van der Waals surface area contributed by atoms with Gasteiger partial charge in [0, 0.05) is 31.0 Å². The van der Waals surface area contributed by atoms with Crippen LogP contribution in [0, 0.1) is 28.1 Å². The van der Waals surface area contributed by atoms with Crippen LogP contribution in [0.3, 0.4) is 0 Å². The Morgan fingerprint density at radius 3 is 2.42 bits per heavy atom. The molecule has 5 heteroatoms. The quantitative estimate of drug-likeness (QED) is 0.334. The summed E-state index contributed by atoms with van der Waals surface area (Å²) in [5.41, 5.74) is -0.959. The van der Waals surface area contributed by atoms with Gasteiger partial charge in [-0.15, -0.1) is 6.58 Å². The molecular weight excluding hydrogens is 404 g/mol. The van der Waals surface area contributed by atoms with E-state index in [1.165, 1.54) is 0 Å². The van der Waals surface area contributed by atoms with E-state index in [1.54, 1.807) is 7.11 Å². The summed E-state index contributed by atoms with van der Waals surface area (Å²) in [4.78, 5) is 13.5. The third kappa shape index (κ3) is 3.62. The molecule has 0 aromatic heterocycles. The maximum Gasteiger partial charge on any atom is 0.192 e. The summed E-state index contributed by atoms with van der Waals surface area (Å²) in [6.45, 7) is 23.1. The van der Waals surface area contributed by atoms with Crippen LogP contribution in [0.2, 0.25) is 18.1 Å². The normalized spacial score (nSPS) is 40.4. The molecule has 2 saturated carbocycles. The Bertz CT molecular complexity index is 713. The summed E-state index contributed by atoms with van der Waals surface area (Å²) >= 11 is 0. The molecule has 7 atom stereocenters. The van der Waals surface area contributed by atoms with E-state index in [9.17, 15) is 4.79 Å². The number of hydrogen-bond acceptors (Lipinski definition) is 4. The van der Waals surface area contributed by atoms with Crippen molar-refractivity contribution in [1.29, 1.82) is 0 Å². The minimum atomic E-state index is -1.87. The molecule has 0 N–H and O–H groups in total. The van der Waals surface area contributed by atoms with Crippen molar-refractivity contribution in [2.24, 2.45) is 28.1 Å². The molecule has 0 unspecified atom stereocenters. The second-order valence-corrected chi connectivity index (χ2v) is 17.4. The summed E-state index contributed by atoms with van der Waals surface area (Å²) in [5, 5.41) is 0.164. The molecule has 1 saturated heterocycles. The lowest BCUT2D eigenvalue weighted by atomic mass is 9.47.